The molecule has 0 amide bonds. The molecule has 1 aromatic rings. The van der Waals surface area contributed by atoms with Crippen molar-refractivity contribution in [2.24, 2.45) is 0 Å². The molecule has 0 unspecified atom stereocenters. The van der Waals surface area contributed by atoms with E-state index in [4.69, 9.17) is 0 Å². The molecule has 0 aliphatic carbocycles. The Balaban J connectivity index is 1.99. The van der Waals surface area contributed by atoms with Gasteiger partial charge in [-0.2, -0.15) is 4.31 Å². The van der Waals surface area contributed by atoms with Gasteiger partial charge >= 0.3 is 0 Å². The first-order valence-corrected chi connectivity index (χ1v) is 9.85. The largest absolute Gasteiger partial charge is 0.312 e. The van der Waals surface area contributed by atoms with E-state index in [0.29, 0.717) is 17.3 Å². The lowest BCUT2D eigenvalue weighted by atomic mass is 10.4. The van der Waals surface area contributed by atoms with Gasteiger partial charge in [0.25, 0.3) is 10.0 Å². The van der Waals surface area contributed by atoms with Crippen molar-refractivity contribution in [3.05, 3.63) is 17.0 Å². The quantitative estimate of drug-likeness (QED) is 0.771. The van der Waals surface area contributed by atoms with Gasteiger partial charge < -0.3 is 10.2 Å². The SMILES string of the molecule is CCCNCc1ccc(S(=O)(=O)N2CCN(CC)CC2)s1. The minimum Gasteiger partial charge on any atom is -0.312 e. The highest BCUT2D eigenvalue weighted by Gasteiger charge is 2.29. The van der Waals surface area contributed by atoms with Gasteiger partial charge in [-0.3, -0.25) is 0 Å². The molecule has 5 nitrogen and oxygen atoms in total. The molecule has 1 aliphatic rings. The second kappa shape index (κ2) is 7.69. The Labute approximate surface area is 132 Å². The summed E-state index contributed by atoms with van der Waals surface area (Å²) in [7, 11) is -3.31. The minimum atomic E-state index is -3.31. The Hall–Kier alpha value is -0.470. The first-order valence-electron chi connectivity index (χ1n) is 7.59. The predicted molar refractivity (Wildman–Crippen MR) is 87.2 cm³/mol. The van der Waals surface area contributed by atoms with Crippen LogP contribution in [-0.2, 0) is 16.6 Å². The number of nitrogens with one attached hydrogen (secondary N) is 1. The summed E-state index contributed by atoms with van der Waals surface area (Å²) in [6.45, 7) is 9.76. The van der Waals surface area contributed by atoms with E-state index in [1.807, 2.05) is 6.07 Å². The maximum absolute atomic E-state index is 12.6. The molecule has 120 valence electrons. The van der Waals surface area contributed by atoms with Gasteiger partial charge in [0, 0.05) is 37.6 Å². The second-order valence-electron chi connectivity index (χ2n) is 5.24. The van der Waals surface area contributed by atoms with Gasteiger partial charge in [0.15, 0.2) is 0 Å². The molecule has 7 heteroatoms. The Morgan fingerprint density at radius 2 is 1.90 bits per heavy atom. The highest BCUT2D eigenvalue weighted by Crippen LogP contribution is 2.25. The lowest BCUT2D eigenvalue weighted by Crippen LogP contribution is -2.48. The van der Waals surface area contributed by atoms with Crippen molar-refractivity contribution in [3.63, 3.8) is 0 Å². The van der Waals surface area contributed by atoms with E-state index in [0.717, 1.165) is 44.0 Å². The molecule has 0 spiro atoms. The van der Waals surface area contributed by atoms with E-state index in [1.54, 1.807) is 10.4 Å². The van der Waals surface area contributed by atoms with E-state index >= 15 is 0 Å². The van der Waals surface area contributed by atoms with Crippen LogP contribution >= 0.6 is 11.3 Å². The molecular formula is C14H25N3O2S2. The first kappa shape index (κ1) is 16.9. The number of sulfonamides is 1. The van der Waals surface area contributed by atoms with E-state index in [9.17, 15) is 8.42 Å². The second-order valence-corrected chi connectivity index (χ2v) is 8.57. The molecule has 2 heterocycles. The fourth-order valence-electron chi connectivity index (χ4n) is 2.39. The van der Waals surface area contributed by atoms with Crippen LogP contribution in [0.4, 0.5) is 0 Å². The lowest BCUT2D eigenvalue weighted by Gasteiger charge is -2.32. The van der Waals surface area contributed by atoms with Crippen LogP contribution in [-0.4, -0.2) is 56.9 Å². The van der Waals surface area contributed by atoms with Gasteiger partial charge in [-0.25, -0.2) is 8.42 Å². The molecule has 0 atom stereocenters. The monoisotopic (exact) mass is 331 g/mol. The minimum absolute atomic E-state index is 0.473. The van der Waals surface area contributed by atoms with Crippen molar-refractivity contribution in [2.75, 3.05) is 39.3 Å². The predicted octanol–water partition coefficient (Wildman–Crippen LogP) is 1.57. The Morgan fingerprint density at radius 3 is 2.52 bits per heavy atom. The highest BCUT2D eigenvalue weighted by molar-refractivity contribution is 7.91. The molecule has 0 radical (unpaired) electrons. The van der Waals surface area contributed by atoms with Gasteiger partial charge in [-0.1, -0.05) is 13.8 Å². The summed E-state index contributed by atoms with van der Waals surface area (Å²) in [5.41, 5.74) is 0. The van der Waals surface area contributed by atoms with Crippen molar-refractivity contribution in [3.8, 4) is 0 Å². The summed E-state index contributed by atoms with van der Waals surface area (Å²) in [5, 5.41) is 3.30. The molecule has 1 aliphatic heterocycles. The van der Waals surface area contributed by atoms with E-state index in [2.05, 4.69) is 24.1 Å². The highest BCUT2D eigenvalue weighted by atomic mass is 32.2. The average molecular weight is 332 g/mol. The van der Waals surface area contributed by atoms with Gasteiger partial charge in [0.1, 0.15) is 4.21 Å². The third-order valence-corrected chi connectivity index (χ3v) is 7.19. The third kappa shape index (κ3) is 4.26. The van der Waals surface area contributed by atoms with Crippen LogP contribution in [0, 0.1) is 0 Å². The van der Waals surface area contributed by atoms with Gasteiger partial charge in [-0.05, 0) is 31.6 Å². The Morgan fingerprint density at radius 1 is 1.19 bits per heavy atom. The van der Waals surface area contributed by atoms with Crippen LogP contribution < -0.4 is 5.32 Å². The zero-order valence-electron chi connectivity index (χ0n) is 12.8. The first-order chi connectivity index (χ1) is 10.1. The summed E-state index contributed by atoms with van der Waals surface area (Å²) >= 11 is 1.38. The molecule has 0 saturated carbocycles. The fourth-order valence-corrected chi connectivity index (χ4v) is 5.30. The van der Waals surface area contributed by atoms with Crippen LogP contribution in [0.1, 0.15) is 25.1 Å². The standard InChI is InChI=1S/C14H25N3O2S2/c1-3-7-15-12-13-5-6-14(20-13)21(18,19)17-10-8-16(4-2)9-11-17/h5-6,15H,3-4,7-12H2,1-2H3. The summed E-state index contributed by atoms with van der Waals surface area (Å²) < 4.78 is 27.3. The molecule has 2 rings (SSSR count). The van der Waals surface area contributed by atoms with Crippen molar-refractivity contribution in [1.82, 2.24) is 14.5 Å². The number of rotatable bonds is 7. The molecule has 1 N–H and O–H groups in total. The fraction of sp³-hybridized carbons (Fsp3) is 0.714. The zero-order chi connectivity index (χ0) is 15.3. The maximum atomic E-state index is 12.6. The third-order valence-electron chi connectivity index (χ3n) is 3.74. The molecule has 1 aromatic heterocycles. The van der Waals surface area contributed by atoms with Crippen molar-refractivity contribution >= 4 is 21.4 Å². The van der Waals surface area contributed by atoms with Crippen molar-refractivity contribution < 1.29 is 8.42 Å². The number of piperazine rings is 1. The van der Waals surface area contributed by atoms with Crippen LogP contribution in [0.25, 0.3) is 0 Å². The van der Waals surface area contributed by atoms with E-state index in [1.165, 1.54) is 11.3 Å². The van der Waals surface area contributed by atoms with Gasteiger partial charge in [0.05, 0.1) is 0 Å². The number of likely N-dealkylation sites (N-methyl/N-ethyl adjacent to an activating group) is 1. The number of hydrogen-bond donors (Lipinski definition) is 1. The van der Waals surface area contributed by atoms with Crippen molar-refractivity contribution in [1.29, 1.82) is 0 Å². The number of thiophene rings is 1. The molecule has 1 fully saturated rings. The maximum Gasteiger partial charge on any atom is 0.252 e. The smallest absolute Gasteiger partial charge is 0.252 e. The van der Waals surface area contributed by atoms with Crippen LogP contribution in [0.5, 0.6) is 0 Å². The molecular weight excluding hydrogens is 306 g/mol. The Kier molecular flexibility index (Phi) is 6.19. The zero-order valence-corrected chi connectivity index (χ0v) is 14.5. The van der Waals surface area contributed by atoms with Crippen molar-refractivity contribution in [2.45, 2.75) is 31.0 Å². The lowest BCUT2D eigenvalue weighted by molar-refractivity contribution is 0.196. The summed E-state index contributed by atoms with van der Waals surface area (Å²) in [6.07, 6.45) is 1.08. The molecule has 0 bridgehead atoms. The number of hydrogen-bond acceptors (Lipinski definition) is 5. The van der Waals surface area contributed by atoms with Crippen LogP contribution in [0.3, 0.4) is 0 Å². The van der Waals surface area contributed by atoms with E-state index in [-0.39, 0.29) is 0 Å². The van der Waals surface area contributed by atoms with Crippen LogP contribution in [0.15, 0.2) is 16.3 Å². The van der Waals surface area contributed by atoms with Crippen LogP contribution in [0.2, 0.25) is 0 Å². The topological polar surface area (TPSA) is 52.7 Å². The summed E-state index contributed by atoms with van der Waals surface area (Å²) in [6, 6.07) is 3.66. The van der Waals surface area contributed by atoms with Gasteiger partial charge in [-0.15, -0.1) is 11.3 Å². The molecule has 21 heavy (non-hydrogen) atoms. The summed E-state index contributed by atoms with van der Waals surface area (Å²) in [4.78, 5) is 3.36. The summed E-state index contributed by atoms with van der Waals surface area (Å²) in [5.74, 6) is 0. The number of nitrogens with zero attached hydrogens (tertiary/aromatic N) is 2. The van der Waals surface area contributed by atoms with Gasteiger partial charge in [0.2, 0.25) is 0 Å². The Bertz CT molecular complexity index is 534. The molecule has 1 saturated heterocycles. The normalized spacial score (nSPS) is 18.2. The van der Waals surface area contributed by atoms with E-state index < -0.39 is 10.0 Å². The molecule has 0 aromatic carbocycles. The average Bonchev–Trinajstić information content (AvgIpc) is 2.97.